The van der Waals surface area contributed by atoms with Crippen LogP contribution < -0.4 is 19.9 Å². The Hall–Kier alpha value is -3.48. The summed E-state index contributed by atoms with van der Waals surface area (Å²) >= 11 is 0. The lowest BCUT2D eigenvalue weighted by molar-refractivity contribution is -0.137. The largest absolute Gasteiger partial charge is 0.497 e. The van der Waals surface area contributed by atoms with E-state index < -0.39 is 5.97 Å². The van der Waals surface area contributed by atoms with Crippen LogP contribution in [0, 0.1) is 0 Å². The first-order valence-electron chi connectivity index (χ1n) is 7.66. The number of hydrogen-bond acceptors (Lipinski definition) is 6. The first kappa shape index (κ1) is 18.9. The van der Waals surface area contributed by atoms with E-state index in [0.717, 1.165) is 5.56 Å². The molecule has 2 rings (SSSR count). The van der Waals surface area contributed by atoms with Gasteiger partial charge in [0.25, 0.3) is 0 Å². The van der Waals surface area contributed by atoms with Gasteiger partial charge in [-0.3, -0.25) is 0 Å². The minimum absolute atomic E-state index is 0.0838. The maximum Gasteiger partial charge on any atom is 0.358 e. The van der Waals surface area contributed by atoms with E-state index in [1.807, 2.05) is 0 Å². The van der Waals surface area contributed by atoms with E-state index in [2.05, 4.69) is 5.16 Å². The molecule has 0 saturated carbocycles. The third kappa shape index (κ3) is 5.01. The molecule has 2 aromatic carbocycles. The molecule has 0 aliphatic carbocycles. The van der Waals surface area contributed by atoms with Crippen molar-refractivity contribution in [3.8, 4) is 17.2 Å². The van der Waals surface area contributed by atoms with E-state index in [1.54, 1.807) is 62.8 Å². The summed E-state index contributed by atoms with van der Waals surface area (Å²) in [5.41, 5.74) is 7.15. The Morgan fingerprint density at radius 1 is 0.962 bits per heavy atom. The van der Waals surface area contributed by atoms with Crippen LogP contribution in [0.2, 0.25) is 0 Å². The van der Waals surface area contributed by atoms with Gasteiger partial charge in [-0.05, 0) is 48.0 Å². The predicted molar refractivity (Wildman–Crippen MR) is 98.4 cm³/mol. The van der Waals surface area contributed by atoms with Crippen molar-refractivity contribution in [2.45, 2.75) is 0 Å². The molecule has 2 N–H and O–H groups in total. The third-order valence-corrected chi connectivity index (χ3v) is 3.44. The van der Waals surface area contributed by atoms with Gasteiger partial charge in [-0.25, -0.2) is 4.79 Å². The highest BCUT2D eigenvalue weighted by atomic mass is 16.7. The van der Waals surface area contributed by atoms with Crippen LogP contribution in [0.15, 0.2) is 53.7 Å². The molecule has 0 aliphatic heterocycles. The maximum atomic E-state index is 11.8. The predicted octanol–water partition coefficient (Wildman–Crippen LogP) is 2.59. The number of ether oxygens (including phenoxy) is 3. The Morgan fingerprint density at radius 2 is 1.65 bits per heavy atom. The molecule has 0 atom stereocenters. The standard InChI is InChI=1S/C19H20N2O5/c1-23-15-8-6-14(7-9-15)19(20)21-26-18(22)11-5-13-4-10-16(24-2)17(12-13)25-3/h4-12H,1-3H3,(H2,20,21)/b11-5+. The summed E-state index contributed by atoms with van der Waals surface area (Å²) in [6.45, 7) is 0. The van der Waals surface area contributed by atoms with Crippen LogP contribution in [0.4, 0.5) is 0 Å². The summed E-state index contributed by atoms with van der Waals surface area (Å²) in [5, 5.41) is 3.63. The number of carbonyl (C=O) groups is 1. The zero-order valence-electron chi connectivity index (χ0n) is 14.8. The van der Waals surface area contributed by atoms with Crippen molar-refractivity contribution < 1.29 is 23.8 Å². The number of nitrogens with two attached hydrogens (primary N) is 1. The topological polar surface area (TPSA) is 92.4 Å². The Bertz CT molecular complexity index is 813. The second-order valence-corrected chi connectivity index (χ2v) is 5.06. The second kappa shape index (κ2) is 9.12. The molecule has 0 aromatic heterocycles. The maximum absolute atomic E-state index is 11.8. The zero-order chi connectivity index (χ0) is 18.9. The molecule has 7 heteroatoms. The van der Waals surface area contributed by atoms with Crippen LogP contribution in [0.5, 0.6) is 17.2 Å². The first-order chi connectivity index (χ1) is 12.6. The van der Waals surface area contributed by atoms with Crippen LogP contribution in [0.3, 0.4) is 0 Å². The molecule has 136 valence electrons. The number of benzene rings is 2. The zero-order valence-corrected chi connectivity index (χ0v) is 14.8. The highest BCUT2D eigenvalue weighted by molar-refractivity contribution is 5.98. The molecule has 0 spiro atoms. The number of oxime groups is 1. The van der Waals surface area contributed by atoms with E-state index in [9.17, 15) is 4.79 Å². The average Bonchev–Trinajstić information content (AvgIpc) is 2.70. The number of rotatable bonds is 7. The highest BCUT2D eigenvalue weighted by Crippen LogP contribution is 2.27. The number of nitrogens with zero attached hydrogens (tertiary/aromatic N) is 1. The molecule has 0 bridgehead atoms. The average molecular weight is 356 g/mol. The van der Waals surface area contributed by atoms with E-state index in [1.165, 1.54) is 13.2 Å². The van der Waals surface area contributed by atoms with E-state index in [0.29, 0.717) is 22.8 Å². The fourth-order valence-corrected chi connectivity index (χ4v) is 2.06. The van der Waals surface area contributed by atoms with Gasteiger partial charge in [-0.2, -0.15) is 0 Å². The SMILES string of the molecule is COc1ccc(/C(N)=N/OC(=O)/C=C/c2ccc(OC)c(OC)c2)cc1. The van der Waals surface area contributed by atoms with Crippen LogP contribution >= 0.6 is 0 Å². The first-order valence-corrected chi connectivity index (χ1v) is 7.66. The molecule has 0 radical (unpaired) electrons. The smallest absolute Gasteiger partial charge is 0.358 e. The van der Waals surface area contributed by atoms with Crippen molar-refractivity contribution in [1.82, 2.24) is 0 Å². The van der Waals surface area contributed by atoms with Gasteiger partial charge >= 0.3 is 5.97 Å². The molecule has 7 nitrogen and oxygen atoms in total. The minimum atomic E-state index is -0.656. The van der Waals surface area contributed by atoms with Gasteiger partial charge < -0.3 is 24.8 Å². The van der Waals surface area contributed by atoms with Crippen LogP contribution in [0.1, 0.15) is 11.1 Å². The van der Waals surface area contributed by atoms with Gasteiger partial charge in [0.2, 0.25) is 0 Å². The number of amidine groups is 1. The molecule has 2 aromatic rings. The fraction of sp³-hybridized carbons (Fsp3) is 0.158. The summed E-state index contributed by atoms with van der Waals surface area (Å²) in [6, 6.07) is 12.1. The Labute approximate surface area is 151 Å². The Kier molecular flexibility index (Phi) is 6.61. The summed E-state index contributed by atoms with van der Waals surface area (Å²) in [5.74, 6) is 1.28. The van der Waals surface area contributed by atoms with Crippen molar-refractivity contribution in [2.24, 2.45) is 10.9 Å². The van der Waals surface area contributed by atoms with Gasteiger partial charge in [0.1, 0.15) is 5.75 Å². The normalized spacial score (nSPS) is 11.3. The van der Waals surface area contributed by atoms with Crippen molar-refractivity contribution in [1.29, 1.82) is 0 Å². The van der Waals surface area contributed by atoms with Gasteiger partial charge in [-0.15, -0.1) is 0 Å². The fourth-order valence-electron chi connectivity index (χ4n) is 2.06. The van der Waals surface area contributed by atoms with E-state index >= 15 is 0 Å². The lowest BCUT2D eigenvalue weighted by atomic mass is 10.2. The van der Waals surface area contributed by atoms with E-state index in [4.69, 9.17) is 24.8 Å². The lowest BCUT2D eigenvalue weighted by Gasteiger charge is -2.07. The Balaban J connectivity index is 2.00. The summed E-state index contributed by atoms with van der Waals surface area (Å²) < 4.78 is 15.4. The lowest BCUT2D eigenvalue weighted by Crippen LogP contribution is -2.14. The molecule has 0 amide bonds. The molecular weight excluding hydrogens is 336 g/mol. The molecule has 26 heavy (non-hydrogen) atoms. The quantitative estimate of drug-likeness (QED) is 0.269. The van der Waals surface area contributed by atoms with Crippen LogP contribution in [-0.4, -0.2) is 33.1 Å². The third-order valence-electron chi connectivity index (χ3n) is 3.44. The van der Waals surface area contributed by atoms with Crippen molar-refractivity contribution in [3.05, 3.63) is 59.7 Å². The van der Waals surface area contributed by atoms with E-state index in [-0.39, 0.29) is 5.84 Å². The minimum Gasteiger partial charge on any atom is -0.497 e. The monoisotopic (exact) mass is 356 g/mol. The molecule has 0 unspecified atom stereocenters. The number of methoxy groups -OCH3 is 3. The van der Waals surface area contributed by atoms with Gasteiger partial charge in [0.15, 0.2) is 17.3 Å². The molecular formula is C19H20N2O5. The number of carbonyl (C=O) groups excluding carboxylic acids is 1. The molecule has 0 fully saturated rings. The second-order valence-electron chi connectivity index (χ2n) is 5.06. The van der Waals surface area contributed by atoms with Crippen molar-refractivity contribution >= 4 is 17.9 Å². The summed E-state index contributed by atoms with van der Waals surface area (Å²) in [4.78, 5) is 16.6. The molecule has 0 aliphatic rings. The highest BCUT2D eigenvalue weighted by Gasteiger charge is 2.04. The number of hydrogen-bond donors (Lipinski definition) is 1. The molecule has 0 heterocycles. The van der Waals surface area contributed by atoms with Gasteiger partial charge in [0, 0.05) is 11.6 Å². The van der Waals surface area contributed by atoms with Gasteiger partial charge in [-0.1, -0.05) is 11.2 Å². The summed E-state index contributed by atoms with van der Waals surface area (Å²) in [7, 11) is 4.66. The van der Waals surface area contributed by atoms with Crippen molar-refractivity contribution in [3.63, 3.8) is 0 Å². The Morgan fingerprint density at radius 3 is 2.27 bits per heavy atom. The van der Waals surface area contributed by atoms with Gasteiger partial charge in [0.05, 0.1) is 21.3 Å². The van der Waals surface area contributed by atoms with Crippen LogP contribution in [-0.2, 0) is 9.63 Å². The van der Waals surface area contributed by atoms with Crippen molar-refractivity contribution in [2.75, 3.05) is 21.3 Å². The molecule has 0 saturated heterocycles. The summed E-state index contributed by atoms with van der Waals surface area (Å²) in [6.07, 6.45) is 2.81. The van der Waals surface area contributed by atoms with Crippen LogP contribution in [0.25, 0.3) is 6.08 Å².